The summed E-state index contributed by atoms with van der Waals surface area (Å²) in [4.78, 5) is 11.7. The van der Waals surface area contributed by atoms with Crippen molar-refractivity contribution in [3.63, 3.8) is 0 Å². The lowest BCUT2D eigenvalue weighted by Gasteiger charge is -2.30. The highest BCUT2D eigenvalue weighted by Gasteiger charge is 2.33. The number of aliphatic hydroxyl groups is 2. The summed E-state index contributed by atoms with van der Waals surface area (Å²) in [5.74, 6) is -0.238. The van der Waals surface area contributed by atoms with Crippen LogP contribution in [0, 0.1) is 0 Å². The van der Waals surface area contributed by atoms with Crippen molar-refractivity contribution in [3.8, 4) is 0 Å². The van der Waals surface area contributed by atoms with Crippen LogP contribution in [0.15, 0.2) is 0 Å². The van der Waals surface area contributed by atoms with Crippen LogP contribution in [0.2, 0.25) is 0 Å². The topological polar surface area (TPSA) is 78.8 Å². The van der Waals surface area contributed by atoms with Gasteiger partial charge >= 0.3 is 0 Å². The van der Waals surface area contributed by atoms with Crippen molar-refractivity contribution in [2.75, 3.05) is 19.8 Å². The normalized spacial score (nSPS) is 21.7. The van der Waals surface area contributed by atoms with Crippen LogP contribution in [-0.2, 0) is 9.53 Å². The Hall–Kier alpha value is -0.650. The number of carbonyl (C=O) groups is 1. The zero-order chi connectivity index (χ0) is 11.3. The fraction of sp³-hybridized carbons (Fsp3) is 0.900. The van der Waals surface area contributed by atoms with E-state index in [0.29, 0.717) is 19.4 Å². The van der Waals surface area contributed by atoms with E-state index in [1.54, 1.807) is 0 Å². The fourth-order valence-electron chi connectivity index (χ4n) is 1.57. The van der Waals surface area contributed by atoms with Crippen molar-refractivity contribution in [2.45, 2.75) is 37.8 Å². The molecule has 1 atom stereocenters. The van der Waals surface area contributed by atoms with E-state index in [-0.39, 0.29) is 19.1 Å². The van der Waals surface area contributed by atoms with Crippen LogP contribution in [0.1, 0.15) is 26.2 Å². The van der Waals surface area contributed by atoms with Crippen molar-refractivity contribution in [2.24, 2.45) is 0 Å². The molecular formula is C10H19NO4. The van der Waals surface area contributed by atoms with Crippen LogP contribution >= 0.6 is 0 Å². The summed E-state index contributed by atoms with van der Waals surface area (Å²) in [5, 5.41) is 21.0. The van der Waals surface area contributed by atoms with Gasteiger partial charge in [-0.05, 0) is 19.3 Å². The number of rotatable bonds is 5. The molecule has 5 nitrogen and oxygen atoms in total. The first-order valence-corrected chi connectivity index (χ1v) is 5.33. The van der Waals surface area contributed by atoms with E-state index >= 15 is 0 Å². The molecule has 5 heteroatoms. The third-order valence-corrected chi connectivity index (χ3v) is 2.89. The summed E-state index contributed by atoms with van der Waals surface area (Å²) >= 11 is 0. The summed E-state index contributed by atoms with van der Waals surface area (Å²) in [6.07, 6.45) is 1.66. The molecule has 1 fully saturated rings. The molecular weight excluding hydrogens is 198 g/mol. The third-order valence-electron chi connectivity index (χ3n) is 2.89. The highest BCUT2D eigenvalue weighted by atomic mass is 16.5. The smallest absolute Gasteiger partial charge is 0.249 e. The van der Waals surface area contributed by atoms with Gasteiger partial charge in [-0.1, -0.05) is 6.92 Å². The van der Waals surface area contributed by atoms with Crippen LogP contribution in [0.25, 0.3) is 0 Å². The number of carbonyl (C=O) groups excluding carboxylic acids is 1. The summed E-state index contributed by atoms with van der Waals surface area (Å²) < 4.78 is 5.22. The Morgan fingerprint density at radius 1 is 1.53 bits per heavy atom. The minimum atomic E-state index is -0.914. The molecule has 1 rings (SSSR count). The molecule has 1 heterocycles. The lowest BCUT2D eigenvalue weighted by molar-refractivity contribution is -0.133. The Morgan fingerprint density at radius 2 is 2.20 bits per heavy atom. The molecule has 1 amide bonds. The molecule has 1 aliphatic rings. The van der Waals surface area contributed by atoms with Crippen LogP contribution < -0.4 is 5.32 Å². The molecule has 88 valence electrons. The van der Waals surface area contributed by atoms with E-state index < -0.39 is 11.6 Å². The van der Waals surface area contributed by atoms with Crippen LogP contribution in [0.3, 0.4) is 0 Å². The second-order valence-electron chi connectivity index (χ2n) is 3.94. The maximum atomic E-state index is 11.7. The predicted octanol–water partition coefficient (Wildman–Crippen LogP) is -0.585. The number of ether oxygens (including phenoxy) is 1. The van der Waals surface area contributed by atoms with Gasteiger partial charge in [0.15, 0.2) is 0 Å². The van der Waals surface area contributed by atoms with Gasteiger partial charge in [-0.3, -0.25) is 4.79 Å². The molecule has 0 aromatic heterocycles. The Kier molecular flexibility index (Phi) is 4.50. The molecule has 0 unspecified atom stereocenters. The summed E-state index contributed by atoms with van der Waals surface area (Å²) in [6, 6.07) is 0. The second-order valence-corrected chi connectivity index (χ2v) is 3.94. The lowest BCUT2D eigenvalue weighted by atomic mass is 9.98. The number of hydrogen-bond acceptors (Lipinski definition) is 4. The summed E-state index contributed by atoms with van der Waals surface area (Å²) in [5.41, 5.74) is -0.914. The van der Waals surface area contributed by atoms with Gasteiger partial charge < -0.3 is 20.3 Å². The lowest BCUT2D eigenvalue weighted by Crippen LogP contribution is -2.56. The van der Waals surface area contributed by atoms with E-state index in [0.717, 1.165) is 6.42 Å². The molecule has 15 heavy (non-hydrogen) atoms. The van der Waals surface area contributed by atoms with Gasteiger partial charge in [0.25, 0.3) is 0 Å². The van der Waals surface area contributed by atoms with E-state index in [9.17, 15) is 4.79 Å². The van der Waals surface area contributed by atoms with Gasteiger partial charge in [0.2, 0.25) is 5.91 Å². The van der Waals surface area contributed by atoms with Gasteiger partial charge in [-0.2, -0.15) is 0 Å². The van der Waals surface area contributed by atoms with E-state index in [2.05, 4.69) is 5.32 Å². The minimum absolute atomic E-state index is 0.238. The number of nitrogens with one attached hydrogen (secondary N) is 1. The molecule has 0 spiro atoms. The van der Waals surface area contributed by atoms with Crippen molar-refractivity contribution < 1.29 is 19.7 Å². The van der Waals surface area contributed by atoms with Gasteiger partial charge in [0.05, 0.1) is 18.8 Å². The van der Waals surface area contributed by atoms with Crippen molar-refractivity contribution >= 4 is 5.91 Å². The van der Waals surface area contributed by atoms with E-state index in [1.807, 2.05) is 6.92 Å². The van der Waals surface area contributed by atoms with Crippen molar-refractivity contribution in [1.29, 1.82) is 0 Å². The second kappa shape index (κ2) is 5.44. The van der Waals surface area contributed by atoms with Crippen LogP contribution in [-0.4, -0.2) is 47.6 Å². The van der Waals surface area contributed by atoms with Gasteiger partial charge in [-0.15, -0.1) is 0 Å². The SMILES string of the molecule is CCC(CO)(CO)NC(=O)[C@H]1CCCO1. The van der Waals surface area contributed by atoms with E-state index in [1.165, 1.54) is 0 Å². The molecule has 0 saturated carbocycles. The third kappa shape index (κ3) is 2.90. The first-order valence-electron chi connectivity index (χ1n) is 5.33. The molecule has 1 aliphatic heterocycles. The molecule has 0 aromatic rings. The first-order chi connectivity index (χ1) is 7.17. The Balaban J connectivity index is 2.53. The summed E-state index contributed by atoms with van der Waals surface area (Å²) in [7, 11) is 0. The van der Waals surface area contributed by atoms with Gasteiger partial charge in [-0.25, -0.2) is 0 Å². The largest absolute Gasteiger partial charge is 0.394 e. The summed E-state index contributed by atoms with van der Waals surface area (Å²) in [6.45, 7) is 1.88. The number of amides is 1. The van der Waals surface area contributed by atoms with Crippen molar-refractivity contribution in [1.82, 2.24) is 5.32 Å². The Labute approximate surface area is 89.4 Å². The van der Waals surface area contributed by atoms with E-state index in [4.69, 9.17) is 14.9 Å². The maximum Gasteiger partial charge on any atom is 0.249 e. The Bertz CT molecular complexity index is 201. The Morgan fingerprint density at radius 3 is 2.60 bits per heavy atom. The molecule has 0 bridgehead atoms. The fourth-order valence-corrected chi connectivity index (χ4v) is 1.57. The highest BCUT2D eigenvalue weighted by Crippen LogP contribution is 2.15. The maximum absolute atomic E-state index is 11.7. The number of aliphatic hydroxyl groups excluding tert-OH is 2. The quantitative estimate of drug-likeness (QED) is 0.575. The predicted molar refractivity (Wildman–Crippen MR) is 54.3 cm³/mol. The zero-order valence-corrected chi connectivity index (χ0v) is 9.03. The van der Waals surface area contributed by atoms with Crippen LogP contribution in [0.5, 0.6) is 0 Å². The number of hydrogen-bond donors (Lipinski definition) is 3. The minimum Gasteiger partial charge on any atom is -0.394 e. The zero-order valence-electron chi connectivity index (χ0n) is 9.03. The van der Waals surface area contributed by atoms with Gasteiger partial charge in [0.1, 0.15) is 6.10 Å². The molecule has 0 aromatic carbocycles. The standard InChI is InChI=1S/C10H19NO4/c1-2-10(6-12,7-13)11-9(14)8-4-3-5-15-8/h8,12-13H,2-7H2,1H3,(H,11,14)/t8-/m1/s1. The van der Waals surface area contributed by atoms with Crippen LogP contribution in [0.4, 0.5) is 0 Å². The molecule has 1 saturated heterocycles. The molecule has 0 radical (unpaired) electrons. The van der Waals surface area contributed by atoms with Crippen molar-refractivity contribution in [3.05, 3.63) is 0 Å². The average Bonchev–Trinajstić information content (AvgIpc) is 2.79. The monoisotopic (exact) mass is 217 g/mol. The van der Waals surface area contributed by atoms with Gasteiger partial charge in [0, 0.05) is 6.61 Å². The average molecular weight is 217 g/mol. The first kappa shape index (κ1) is 12.4. The molecule has 3 N–H and O–H groups in total. The highest BCUT2D eigenvalue weighted by molar-refractivity contribution is 5.81. The molecule has 0 aliphatic carbocycles.